The summed E-state index contributed by atoms with van der Waals surface area (Å²) in [5.74, 6) is 0. The van der Waals surface area contributed by atoms with Crippen molar-refractivity contribution >= 4 is 0 Å². The molecule has 1 aromatic heterocycles. The lowest BCUT2D eigenvalue weighted by Gasteiger charge is -2.55. The molecule has 3 heteroatoms. The number of hydrogen-bond acceptors (Lipinski definition) is 3. The van der Waals surface area contributed by atoms with E-state index in [1.54, 1.807) is 0 Å². The number of likely N-dealkylation sites (tertiary alicyclic amines) is 2. The first-order chi connectivity index (χ1) is 7.72. The number of hydrogen-bond donors (Lipinski definition) is 0. The highest BCUT2D eigenvalue weighted by Crippen LogP contribution is 2.32. The van der Waals surface area contributed by atoms with Crippen molar-refractivity contribution in [1.82, 2.24) is 14.8 Å². The molecule has 0 spiro atoms. The second-order valence-corrected chi connectivity index (χ2v) is 5.21. The zero-order valence-corrected chi connectivity index (χ0v) is 10.1. The Balaban J connectivity index is 1.68. The number of piperidine rings is 1. The Kier molecular flexibility index (Phi) is 2.45. The molecule has 3 rings (SSSR count). The number of fused-ring (bicyclic) bond motifs is 2. The van der Waals surface area contributed by atoms with E-state index in [9.17, 15) is 0 Å². The van der Waals surface area contributed by atoms with Gasteiger partial charge in [0.15, 0.2) is 0 Å². The Labute approximate surface area is 97.1 Å². The summed E-state index contributed by atoms with van der Waals surface area (Å²) in [5.41, 5.74) is 2.35. The van der Waals surface area contributed by atoms with E-state index in [1.165, 1.54) is 25.2 Å². The molecule has 0 N–H and O–H groups in total. The van der Waals surface area contributed by atoms with Gasteiger partial charge in [-0.15, -0.1) is 0 Å². The third kappa shape index (κ3) is 1.74. The van der Waals surface area contributed by atoms with Crippen LogP contribution in [-0.4, -0.2) is 47.0 Å². The van der Waals surface area contributed by atoms with Crippen molar-refractivity contribution in [3.05, 3.63) is 29.6 Å². The van der Waals surface area contributed by atoms with Gasteiger partial charge in [-0.25, -0.2) is 0 Å². The van der Waals surface area contributed by atoms with Crippen LogP contribution in [0.2, 0.25) is 0 Å². The molecule has 2 bridgehead atoms. The van der Waals surface area contributed by atoms with Crippen molar-refractivity contribution in [3.8, 4) is 0 Å². The maximum absolute atomic E-state index is 4.59. The zero-order valence-electron chi connectivity index (χ0n) is 10.1. The smallest absolute Gasteiger partial charge is 0.0547 e. The van der Waals surface area contributed by atoms with Crippen LogP contribution in [0.25, 0.3) is 0 Å². The molecule has 2 fully saturated rings. The Morgan fingerprint density at radius 1 is 1.31 bits per heavy atom. The maximum Gasteiger partial charge on any atom is 0.0547 e. The van der Waals surface area contributed by atoms with Crippen LogP contribution in [-0.2, 0) is 6.54 Å². The lowest BCUT2D eigenvalue weighted by molar-refractivity contribution is -0.0675. The van der Waals surface area contributed by atoms with E-state index < -0.39 is 0 Å². The van der Waals surface area contributed by atoms with E-state index in [2.05, 4.69) is 47.0 Å². The molecule has 2 saturated heterocycles. The van der Waals surface area contributed by atoms with Crippen molar-refractivity contribution in [1.29, 1.82) is 0 Å². The van der Waals surface area contributed by atoms with Crippen molar-refractivity contribution < 1.29 is 0 Å². The fraction of sp³-hybridized carbons (Fsp3) is 0.615. The van der Waals surface area contributed by atoms with Crippen LogP contribution in [0.3, 0.4) is 0 Å². The van der Waals surface area contributed by atoms with Crippen LogP contribution in [0, 0.1) is 6.92 Å². The first-order valence-electron chi connectivity index (χ1n) is 6.09. The summed E-state index contributed by atoms with van der Waals surface area (Å²) in [6.45, 7) is 5.55. The van der Waals surface area contributed by atoms with Gasteiger partial charge in [-0.1, -0.05) is 6.07 Å². The Morgan fingerprint density at radius 3 is 2.75 bits per heavy atom. The summed E-state index contributed by atoms with van der Waals surface area (Å²) in [6.07, 6.45) is 1.39. The average Bonchev–Trinajstić information content (AvgIpc) is 2.26. The standard InChI is InChI=1S/C13H19N3/c1-10-4-3-5-11(14-10)7-16-12-6-13(16)9-15(2)8-12/h3-5,12-13H,6-9H2,1-2H3. The first-order valence-corrected chi connectivity index (χ1v) is 6.09. The molecule has 0 saturated carbocycles. The first kappa shape index (κ1) is 10.2. The van der Waals surface area contributed by atoms with Gasteiger partial charge in [0.05, 0.1) is 5.69 Å². The predicted molar refractivity (Wildman–Crippen MR) is 64.2 cm³/mol. The van der Waals surface area contributed by atoms with Gasteiger partial charge in [0.25, 0.3) is 0 Å². The molecule has 16 heavy (non-hydrogen) atoms. The molecule has 2 unspecified atom stereocenters. The lowest BCUT2D eigenvalue weighted by Crippen LogP contribution is -2.67. The Hall–Kier alpha value is -0.930. The summed E-state index contributed by atoms with van der Waals surface area (Å²) in [7, 11) is 2.22. The van der Waals surface area contributed by atoms with Crippen LogP contribution in [0.15, 0.2) is 18.2 Å². The van der Waals surface area contributed by atoms with Crippen LogP contribution >= 0.6 is 0 Å². The summed E-state index contributed by atoms with van der Waals surface area (Å²) >= 11 is 0. The van der Waals surface area contributed by atoms with E-state index >= 15 is 0 Å². The van der Waals surface area contributed by atoms with E-state index in [4.69, 9.17) is 0 Å². The molecule has 0 aromatic carbocycles. The number of likely N-dealkylation sites (N-methyl/N-ethyl adjacent to an activating group) is 1. The van der Waals surface area contributed by atoms with E-state index in [0.717, 1.165) is 24.3 Å². The molecule has 2 atom stereocenters. The zero-order chi connectivity index (χ0) is 11.1. The van der Waals surface area contributed by atoms with Crippen LogP contribution in [0.4, 0.5) is 0 Å². The minimum Gasteiger partial charge on any atom is -0.303 e. The SMILES string of the molecule is Cc1cccc(CN2C3CC2CN(C)C3)n1. The number of pyridine rings is 1. The molecule has 86 valence electrons. The summed E-state index contributed by atoms with van der Waals surface area (Å²) in [5, 5.41) is 0. The van der Waals surface area contributed by atoms with E-state index in [-0.39, 0.29) is 0 Å². The second-order valence-electron chi connectivity index (χ2n) is 5.21. The molecule has 0 radical (unpaired) electrons. The molecule has 3 nitrogen and oxygen atoms in total. The Bertz CT molecular complexity index is 379. The fourth-order valence-electron chi connectivity index (χ4n) is 3.03. The van der Waals surface area contributed by atoms with Crippen molar-refractivity contribution in [3.63, 3.8) is 0 Å². The van der Waals surface area contributed by atoms with Crippen LogP contribution in [0.1, 0.15) is 17.8 Å². The number of nitrogens with zero attached hydrogens (tertiary/aromatic N) is 3. The van der Waals surface area contributed by atoms with Gasteiger partial charge in [0.1, 0.15) is 0 Å². The quantitative estimate of drug-likeness (QED) is 0.744. The minimum absolute atomic E-state index is 0.770. The van der Waals surface area contributed by atoms with Gasteiger partial charge in [-0.3, -0.25) is 9.88 Å². The van der Waals surface area contributed by atoms with Crippen LogP contribution < -0.4 is 0 Å². The third-order valence-corrected chi connectivity index (χ3v) is 3.82. The molecule has 0 amide bonds. The van der Waals surface area contributed by atoms with E-state index in [0.29, 0.717) is 0 Å². The Morgan fingerprint density at radius 2 is 2.06 bits per heavy atom. The average molecular weight is 217 g/mol. The largest absolute Gasteiger partial charge is 0.303 e. The van der Waals surface area contributed by atoms with E-state index in [1.807, 2.05) is 0 Å². The minimum atomic E-state index is 0.770. The monoisotopic (exact) mass is 217 g/mol. The highest BCUT2D eigenvalue weighted by atomic mass is 15.3. The number of aryl methyl sites for hydroxylation is 1. The van der Waals surface area contributed by atoms with Gasteiger partial charge in [-0.05, 0) is 32.5 Å². The number of piperazine rings is 1. The number of rotatable bonds is 2. The lowest BCUT2D eigenvalue weighted by atomic mass is 9.87. The summed E-state index contributed by atoms with van der Waals surface area (Å²) in [6, 6.07) is 7.86. The second kappa shape index (κ2) is 3.82. The topological polar surface area (TPSA) is 19.4 Å². The molecule has 1 aromatic rings. The molecule has 2 aliphatic heterocycles. The highest BCUT2D eigenvalue weighted by Gasteiger charge is 2.43. The molecule has 3 heterocycles. The van der Waals surface area contributed by atoms with Crippen molar-refractivity contribution in [2.75, 3.05) is 20.1 Å². The third-order valence-electron chi connectivity index (χ3n) is 3.82. The van der Waals surface area contributed by atoms with Crippen molar-refractivity contribution in [2.24, 2.45) is 0 Å². The van der Waals surface area contributed by atoms with Gasteiger partial charge in [0.2, 0.25) is 0 Å². The predicted octanol–water partition coefficient (Wildman–Crippen LogP) is 1.28. The molecule has 0 aliphatic carbocycles. The van der Waals surface area contributed by atoms with Gasteiger partial charge >= 0.3 is 0 Å². The summed E-state index contributed by atoms with van der Waals surface area (Å²) in [4.78, 5) is 9.64. The van der Waals surface area contributed by atoms with Crippen LogP contribution in [0.5, 0.6) is 0 Å². The molecular weight excluding hydrogens is 198 g/mol. The molecular formula is C13H19N3. The van der Waals surface area contributed by atoms with Gasteiger partial charge in [0, 0.05) is 37.4 Å². The maximum atomic E-state index is 4.59. The number of aromatic nitrogens is 1. The summed E-state index contributed by atoms with van der Waals surface area (Å²) < 4.78 is 0. The van der Waals surface area contributed by atoms with Gasteiger partial charge < -0.3 is 4.90 Å². The normalized spacial score (nSPS) is 30.1. The van der Waals surface area contributed by atoms with Crippen molar-refractivity contribution in [2.45, 2.75) is 32.0 Å². The highest BCUT2D eigenvalue weighted by molar-refractivity contribution is 5.12. The fourth-order valence-corrected chi connectivity index (χ4v) is 3.03. The molecule has 2 aliphatic rings. The van der Waals surface area contributed by atoms with Gasteiger partial charge in [-0.2, -0.15) is 0 Å².